The Balaban J connectivity index is 0.00000320. The average Bonchev–Trinajstić information content (AvgIpc) is 3.40. The molecular formula is C22H33IN4O3. The van der Waals surface area contributed by atoms with Crippen LogP contribution in [0.1, 0.15) is 62.5 Å². The van der Waals surface area contributed by atoms with E-state index in [4.69, 9.17) is 14.0 Å². The molecule has 0 saturated heterocycles. The van der Waals surface area contributed by atoms with Gasteiger partial charge in [0.1, 0.15) is 0 Å². The van der Waals surface area contributed by atoms with Crippen molar-refractivity contribution in [3.8, 4) is 11.5 Å². The maximum atomic E-state index is 6.18. The Morgan fingerprint density at radius 3 is 2.53 bits per heavy atom. The van der Waals surface area contributed by atoms with Crippen LogP contribution in [-0.2, 0) is 13.1 Å². The van der Waals surface area contributed by atoms with Crippen molar-refractivity contribution in [3.05, 3.63) is 41.3 Å². The van der Waals surface area contributed by atoms with Crippen LogP contribution < -0.4 is 20.1 Å². The van der Waals surface area contributed by atoms with E-state index in [2.05, 4.69) is 34.6 Å². The van der Waals surface area contributed by atoms with Gasteiger partial charge in [0.15, 0.2) is 23.2 Å². The molecule has 0 amide bonds. The highest BCUT2D eigenvalue weighted by Crippen LogP contribution is 2.32. The van der Waals surface area contributed by atoms with Gasteiger partial charge in [-0.3, -0.25) is 4.99 Å². The second-order valence-corrected chi connectivity index (χ2v) is 7.66. The predicted octanol–water partition coefficient (Wildman–Crippen LogP) is 4.61. The molecule has 1 aromatic carbocycles. The molecule has 2 N–H and O–H groups in total. The maximum absolute atomic E-state index is 6.18. The van der Waals surface area contributed by atoms with Crippen LogP contribution in [0.5, 0.6) is 11.5 Å². The van der Waals surface area contributed by atoms with Gasteiger partial charge in [0.05, 0.1) is 25.5 Å². The molecule has 0 unspecified atom stereocenters. The molecule has 1 aliphatic rings. The lowest BCUT2D eigenvalue weighted by Crippen LogP contribution is -2.36. The van der Waals surface area contributed by atoms with Crippen molar-refractivity contribution in [2.45, 2.75) is 64.6 Å². The van der Waals surface area contributed by atoms with Crippen molar-refractivity contribution in [1.82, 2.24) is 15.8 Å². The van der Waals surface area contributed by atoms with Crippen molar-refractivity contribution in [2.75, 3.05) is 14.2 Å². The van der Waals surface area contributed by atoms with Crippen LogP contribution >= 0.6 is 24.0 Å². The summed E-state index contributed by atoms with van der Waals surface area (Å²) in [5.74, 6) is 3.41. The van der Waals surface area contributed by atoms with Crippen molar-refractivity contribution in [1.29, 1.82) is 0 Å². The van der Waals surface area contributed by atoms with Gasteiger partial charge >= 0.3 is 0 Å². The van der Waals surface area contributed by atoms with E-state index in [0.717, 1.165) is 41.4 Å². The summed E-state index contributed by atoms with van der Waals surface area (Å²) in [4.78, 5) is 4.28. The molecule has 1 fully saturated rings. The van der Waals surface area contributed by atoms with Crippen LogP contribution in [0, 0.1) is 0 Å². The van der Waals surface area contributed by atoms with Crippen molar-refractivity contribution in [3.63, 3.8) is 0 Å². The predicted molar refractivity (Wildman–Crippen MR) is 129 cm³/mol. The van der Waals surface area contributed by atoms with E-state index < -0.39 is 0 Å². The SMILES string of the molecule is CN=C(NCc1ccc(OC)c(OC2CCCC2)c1)NCc1cc(C(C)C)no1.I. The number of rotatable bonds is 8. The van der Waals surface area contributed by atoms with Crippen LogP contribution in [0.2, 0.25) is 0 Å². The Kier molecular flexibility index (Phi) is 9.74. The molecule has 1 heterocycles. The summed E-state index contributed by atoms with van der Waals surface area (Å²) in [7, 11) is 3.42. The number of ether oxygens (including phenoxy) is 2. The van der Waals surface area contributed by atoms with E-state index in [0.29, 0.717) is 31.1 Å². The summed E-state index contributed by atoms with van der Waals surface area (Å²) in [6, 6.07) is 8.01. The molecule has 0 bridgehead atoms. The maximum Gasteiger partial charge on any atom is 0.191 e. The Hall–Kier alpha value is -1.97. The lowest BCUT2D eigenvalue weighted by Gasteiger charge is -2.17. The monoisotopic (exact) mass is 528 g/mol. The minimum atomic E-state index is 0. The molecule has 30 heavy (non-hydrogen) atoms. The summed E-state index contributed by atoms with van der Waals surface area (Å²) in [6.45, 7) is 5.33. The summed E-state index contributed by atoms with van der Waals surface area (Å²) in [5.41, 5.74) is 2.06. The number of nitrogens with zero attached hydrogens (tertiary/aromatic N) is 2. The molecule has 0 radical (unpaired) electrons. The van der Waals surface area contributed by atoms with Crippen LogP contribution in [-0.4, -0.2) is 31.4 Å². The summed E-state index contributed by atoms with van der Waals surface area (Å²) >= 11 is 0. The van der Waals surface area contributed by atoms with Crippen molar-refractivity contribution >= 4 is 29.9 Å². The molecule has 7 nitrogen and oxygen atoms in total. The smallest absolute Gasteiger partial charge is 0.191 e. The highest BCUT2D eigenvalue weighted by molar-refractivity contribution is 14.0. The Labute approximate surface area is 196 Å². The summed E-state index contributed by atoms with van der Waals surface area (Å²) in [6.07, 6.45) is 4.99. The van der Waals surface area contributed by atoms with Gasteiger partial charge in [-0.25, -0.2) is 0 Å². The third-order valence-electron chi connectivity index (χ3n) is 5.11. The number of aromatic nitrogens is 1. The second kappa shape index (κ2) is 12.0. The van der Waals surface area contributed by atoms with E-state index in [9.17, 15) is 0 Å². The number of hydrogen-bond acceptors (Lipinski definition) is 5. The quantitative estimate of drug-likeness (QED) is 0.296. The first kappa shape index (κ1) is 24.3. The zero-order chi connectivity index (χ0) is 20.6. The Morgan fingerprint density at radius 1 is 1.17 bits per heavy atom. The summed E-state index contributed by atoms with van der Waals surface area (Å²) in [5, 5.41) is 10.7. The number of halogens is 1. The largest absolute Gasteiger partial charge is 0.493 e. The van der Waals surface area contributed by atoms with Crippen molar-refractivity contribution < 1.29 is 14.0 Å². The number of nitrogens with one attached hydrogen (secondary N) is 2. The lowest BCUT2D eigenvalue weighted by atomic mass is 10.1. The molecule has 1 saturated carbocycles. The fourth-order valence-corrected chi connectivity index (χ4v) is 3.37. The highest BCUT2D eigenvalue weighted by atomic mass is 127. The van der Waals surface area contributed by atoms with Gasteiger partial charge in [0.25, 0.3) is 0 Å². The van der Waals surface area contributed by atoms with E-state index >= 15 is 0 Å². The lowest BCUT2D eigenvalue weighted by molar-refractivity contribution is 0.200. The topological polar surface area (TPSA) is 80.9 Å². The molecule has 1 aromatic heterocycles. The summed E-state index contributed by atoms with van der Waals surface area (Å²) < 4.78 is 17.0. The molecule has 1 aliphatic carbocycles. The van der Waals surface area contributed by atoms with Gasteiger partial charge in [0, 0.05) is 19.7 Å². The van der Waals surface area contributed by atoms with E-state index in [1.165, 1.54) is 12.8 Å². The number of benzene rings is 1. The number of aliphatic imine (C=N–C) groups is 1. The zero-order valence-electron chi connectivity index (χ0n) is 18.2. The van der Waals surface area contributed by atoms with Crippen LogP contribution in [0.4, 0.5) is 0 Å². The zero-order valence-corrected chi connectivity index (χ0v) is 20.6. The van der Waals surface area contributed by atoms with Gasteiger partial charge in [-0.05, 0) is 49.3 Å². The minimum absolute atomic E-state index is 0. The van der Waals surface area contributed by atoms with Gasteiger partial charge in [-0.1, -0.05) is 25.1 Å². The molecule has 0 atom stereocenters. The fourth-order valence-electron chi connectivity index (χ4n) is 3.37. The van der Waals surface area contributed by atoms with Crippen molar-refractivity contribution in [2.24, 2.45) is 4.99 Å². The average molecular weight is 528 g/mol. The van der Waals surface area contributed by atoms with E-state index in [1.54, 1.807) is 14.2 Å². The minimum Gasteiger partial charge on any atom is -0.493 e. The molecule has 3 rings (SSSR count). The Bertz CT molecular complexity index is 816. The number of guanidine groups is 1. The molecule has 0 aliphatic heterocycles. The first-order valence-electron chi connectivity index (χ1n) is 10.3. The third kappa shape index (κ3) is 6.78. The normalized spacial score (nSPS) is 14.5. The first-order chi connectivity index (χ1) is 14.1. The van der Waals surface area contributed by atoms with Gasteiger partial charge in [0.2, 0.25) is 0 Å². The molecule has 0 spiro atoms. The van der Waals surface area contributed by atoms with Gasteiger partial charge in [-0.15, -0.1) is 24.0 Å². The molecule has 8 heteroatoms. The molecular weight excluding hydrogens is 495 g/mol. The number of methoxy groups -OCH3 is 1. The molecule has 2 aromatic rings. The first-order valence-corrected chi connectivity index (χ1v) is 10.3. The third-order valence-corrected chi connectivity index (χ3v) is 5.11. The van der Waals surface area contributed by atoms with E-state index in [1.807, 2.05) is 24.3 Å². The number of hydrogen-bond donors (Lipinski definition) is 2. The van der Waals surface area contributed by atoms with Gasteiger partial charge < -0.3 is 24.6 Å². The fraction of sp³-hybridized carbons (Fsp3) is 0.545. The van der Waals surface area contributed by atoms with E-state index in [-0.39, 0.29) is 24.0 Å². The van der Waals surface area contributed by atoms with Gasteiger partial charge in [-0.2, -0.15) is 0 Å². The van der Waals surface area contributed by atoms with Crippen LogP contribution in [0.3, 0.4) is 0 Å². The second-order valence-electron chi connectivity index (χ2n) is 7.66. The van der Waals surface area contributed by atoms with Crippen LogP contribution in [0.25, 0.3) is 0 Å². The van der Waals surface area contributed by atoms with Crippen LogP contribution in [0.15, 0.2) is 33.8 Å². The standard InChI is InChI=1S/C22H32N4O3.HI/c1-15(2)19-12-18(29-26-19)14-25-22(23-3)24-13-16-9-10-20(27-4)21(11-16)28-17-7-5-6-8-17;/h9-12,15,17H,5-8,13-14H2,1-4H3,(H2,23,24,25);1H. The molecule has 166 valence electrons. The Morgan fingerprint density at radius 2 is 1.90 bits per heavy atom. The highest BCUT2D eigenvalue weighted by Gasteiger charge is 2.18.